The Morgan fingerprint density at radius 3 is 2.52 bits per heavy atom. The molecule has 1 aromatic carbocycles. The van der Waals surface area contributed by atoms with E-state index >= 15 is 0 Å². The quantitative estimate of drug-likeness (QED) is 0.472. The average molecular weight is 365 g/mol. The number of hydrogen-bond donors (Lipinski definition) is 0. The highest BCUT2D eigenvalue weighted by molar-refractivity contribution is 5.64. The van der Waals surface area contributed by atoms with Crippen LogP contribution in [0.4, 0.5) is 5.69 Å². The maximum atomic E-state index is 11.7. The van der Waals surface area contributed by atoms with Gasteiger partial charge in [-0.1, -0.05) is 44.4 Å². The lowest BCUT2D eigenvalue weighted by atomic mass is 9.76. The van der Waals surface area contributed by atoms with Gasteiger partial charge in [-0.15, -0.1) is 0 Å². The molecule has 1 aliphatic rings. The van der Waals surface area contributed by atoms with Crippen LogP contribution in [0, 0.1) is 0 Å². The van der Waals surface area contributed by atoms with Gasteiger partial charge in [-0.25, -0.2) is 0 Å². The number of rotatable bonds is 8. The summed E-state index contributed by atoms with van der Waals surface area (Å²) in [5, 5.41) is 0. The van der Waals surface area contributed by atoms with Gasteiger partial charge in [0.15, 0.2) is 0 Å². The van der Waals surface area contributed by atoms with Crippen LogP contribution in [0.25, 0.3) is 0 Å². The molecule has 27 heavy (non-hydrogen) atoms. The lowest BCUT2D eigenvalue weighted by molar-refractivity contribution is -0.109. The van der Waals surface area contributed by atoms with Gasteiger partial charge < -0.3 is 9.69 Å². The highest BCUT2D eigenvalue weighted by Gasteiger charge is 2.28. The van der Waals surface area contributed by atoms with Crippen molar-refractivity contribution in [3.8, 4) is 0 Å². The van der Waals surface area contributed by atoms with Crippen molar-refractivity contribution in [3.63, 3.8) is 0 Å². The van der Waals surface area contributed by atoms with E-state index < -0.39 is 0 Å². The van der Waals surface area contributed by atoms with Crippen LogP contribution in [0.3, 0.4) is 0 Å². The minimum absolute atomic E-state index is 0.0334. The zero-order valence-corrected chi connectivity index (χ0v) is 16.9. The third-order valence-electron chi connectivity index (χ3n) is 5.78. The minimum Gasteiger partial charge on any atom is -0.378 e. The molecule has 1 heterocycles. The Morgan fingerprint density at radius 1 is 1.07 bits per heavy atom. The second-order valence-electron chi connectivity index (χ2n) is 8.01. The largest absolute Gasteiger partial charge is 0.378 e. The summed E-state index contributed by atoms with van der Waals surface area (Å²) in [6.45, 7) is 2.24. The molecule has 2 aromatic rings. The third-order valence-corrected chi connectivity index (χ3v) is 5.78. The lowest BCUT2D eigenvalue weighted by Gasteiger charge is -2.29. The molecule has 2 unspecified atom stereocenters. The molecular formula is C24H32N2O. The second-order valence-corrected chi connectivity index (χ2v) is 8.01. The molecule has 0 bridgehead atoms. The minimum atomic E-state index is -0.0334. The van der Waals surface area contributed by atoms with E-state index in [1.165, 1.54) is 42.6 Å². The molecule has 3 nitrogen and oxygen atoms in total. The maximum absolute atomic E-state index is 11.7. The summed E-state index contributed by atoms with van der Waals surface area (Å²) in [6.07, 6.45) is 9.00. The summed E-state index contributed by atoms with van der Waals surface area (Å²) in [6, 6.07) is 13.0. The number of carbonyl (C=O) groups excluding carboxylic acids is 1. The van der Waals surface area contributed by atoms with Crippen LogP contribution < -0.4 is 4.90 Å². The van der Waals surface area contributed by atoms with Crippen LogP contribution in [-0.2, 0) is 17.6 Å². The van der Waals surface area contributed by atoms with E-state index in [2.05, 4.69) is 62.3 Å². The van der Waals surface area contributed by atoms with Gasteiger partial charge in [-0.2, -0.15) is 0 Å². The van der Waals surface area contributed by atoms with Gasteiger partial charge in [-0.3, -0.25) is 4.98 Å². The summed E-state index contributed by atoms with van der Waals surface area (Å²) in [5.74, 6) is 0.334. The van der Waals surface area contributed by atoms with Crippen LogP contribution in [0.2, 0.25) is 0 Å². The van der Waals surface area contributed by atoms with E-state index in [9.17, 15) is 4.79 Å². The number of pyridine rings is 1. The molecule has 1 aromatic heterocycles. The van der Waals surface area contributed by atoms with Crippen LogP contribution in [0.1, 0.15) is 73.4 Å². The van der Waals surface area contributed by atoms with E-state index in [0.717, 1.165) is 36.8 Å². The topological polar surface area (TPSA) is 33.2 Å². The van der Waals surface area contributed by atoms with E-state index in [-0.39, 0.29) is 5.92 Å². The standard InChI is InChI=1S/C24H32N2O/c1-4-5-6-7-8-21-11-14-23-20(17-27)15-19(16-24(23)25-21)18-9-12-22(13-10-18)26(2)3/h9-14,17,19-20H,4-8,15-16H2,1-3H3. The summed E-state index contributed by atoms with van der Waals surface area (Å²) in [5.41, 5.74) is 5.97. The highest BCUT2D eigenvalue weighted by Crippen LogP contribution is 2.38. The number of benzene rings is 1. The predicted molar refractivity (Wildman–Crippen MR) is 113 cm³/mol. The fourth-order valence-electron chi connectivity index (χ4n) is 4.11. The van der Waals surface area contributed by atoms with Crippen molar-refractivity contribution in [2.45, 2.75) is 63.7 Å². The Balaban J connectivity index is 1.77. The van der Waals surface area contributed by atoms with Gasteiger partial charge in [0.1, 0.15) is 6.29 Å². The van der Waals surface area contributed by atoms with Gasteiger partial charge in [0.05, 0.1) is 0 Å². The first-order valence-corrected chi connectivity index (χ1v) is 10.3. The first-order valence-electron chi connectivity index (χ1n) is 10.3. The summed E-state index contributed by atoms with van der Waals surface area (Å²) >= 11 is 0. The van der Waals surface area contributed by atoms with E-state index in [4.69, 9.17) is 4.98 Å². The maximum Gasteiger partial charge on any atom is 0.127 e. The Labute approximate surface area is 163 Å². The normalized spacial score (nSPS) is 18.8. The molecule has 0 fully saturated rings. The van der Waals surface area contributed by atoms with Gasteiger partial charge >= 0.3 is 0 Å². The fraction of sp³-hybridized carbons (Fsp3) is 0.500. The molecule has 0 radical (unpaired) electrons. The van der Waals surface area contributed by atoms with Crippen LogP contribution in [0.5, 0.6) is 0 Å². The van der Waals surface area contributed by atoms with Crippen LogP contribution in [-0.4, -0.2) is 25.4 Å². The molecule has 0 N–H and O–H groups in total. The molecule has 2 atom stereocenters. The Kier molecular flexibility index (Phi) is 6.65. The number of anilines is 1. The summed E-state index contributed by atoms with van der Waals surface area (Å²) in [7, 11) is 4.11. The number of unbranched alkanes of at least 4 members (excludes halogenated alkanes) is 3. The van der Waals surface area contributed by atoms with E-state index in [1.54, 1.807) is 0 Å². The predicted octanol–water partition coefficient (Wildman–Crippen LogP) is 5.28. The molecule has 0 aliphatic heterocycles. The smallest absolute Gasteiger partial charge is 0.127 e. The Bertz CT molecular complexity index is 751. The summed E-state index contributed by atoms with van der Waals surface area (Å²) < 4.78 is 0. The number of carbonyl (C=O) groups is 1. The second kappa shape index (κ2) is 9.16. The average Bonchev–Trinajstić information content (AvgIpc) is 2.70. The summed E-state index contributed by atoms with van der Waals surface area (Å²) in [4.78, 5) is 18.8. The third kappa shape index (κ3) is 4.77. The lowest BCUT2D eigenvalue weighted by Crippen LogP contribution is -2.20. The molecule has 0 amide bonds. The van der Waals surface area contributed by atoms with Crippen molar-refractivity contribution >= 4 is 12.0 Å². The van der Waals surface area contributed by atoms with Crippen molar-refractivity contribution in [1.82, 2.24) is 4.98 Å². The molecule has 3 rings (SSSR count). The highest BCUT2D eigenvalue weighted by atomic mass is 16.1. The van der Waals surface area contributed by atoms with Gasteiger partial charge in [-0.05, 0) is 60.9 Å². The number of aldehydes is 1. The number of fused-ring (bicyclic) bond motifs is 1. The number of aromatic nitrogens is 1. The van der Waals surface area contributed by atoms with E-state index in [1.807, 2.05) is 0 Å². The molecule has 0 spiro atoms. The first kappa shape index (κ1) is 19.6. The Morgan fingerprint density at radius 2 is 1.85 bits per heavy atom. The monoisotopic (exact) mass is 364 g/mol. The van der Waals surface area contributed by atoms with Crippen LogP contribution in [0.15, 0.2) is 36.4 Å². The number of nitrogens with zero attached hydrogens (tertiary/aromatic N) is 2. The van der Waals surface area contributed by atoms with E-state index in [0.29, 0.717) is 5.92 Å². The first-order chi connectivity index (χ1) is 13.1. The number of aryl methyl sites for hydroxylation is 1. The molecule has 0 saturated carbocycles. The van der Waals surface area contributed by atoms with Crippen molar-refractivity contribution in [3.05, 3.63) is 58.9 Å². The zero-order valence-electron chi connectivity index (χ0n) is 16.9. The zero-order chi connectivity index (χ0) is 19.2. The Hall–Kier alpha value is -2.16. The van der Waals surface area contributed by atoms with Crippen LogP contribution >= 0.6 is 0 Å². The van der Waals surface area contributed by atoms with Gasteiger partial charge in [0, 0.05) is 37.1 Å². The molecule has 144 valence electrons. The van der Waals surface area contributed by atoms with Crippen molar-refractivity contribution < 1.29 is 4.79 Å². The van der Waals surface area contributed by atoms with Gasteiger partial charge in [0.25, 0.3) is 0 Å². The SMILES string of the molecule is CCCCCCc1ccc2c(n1)CC(c1ccc(N(C)C)cc1)CC2C=O. The van der Waals surface area contributed by atoms with Crippen molar-refractivity contribution in [2.24, 2.45) is 0 Å². The van der Waals surface area contributed by atoms with Crippen molar-refractivity contribution in [1.29, 1.82) is 0 Å². The van der Waals surface area contributed by atoms with Gasteiger partial charge in [0.2, 0.25) is 0 Å². The molecule has 3 heteroatoms. The molecule has 1 aliphatic carbocycles. The molecule has 0 saturated heterocycles. The number of hydrogen-bond acceptors (Lipinski definition) is 3. The van der Waals surface area contributed by atoms with Crippen molar-refractivity contribution in [2.75, 3.05) is 19.0 Å². The molecular weight excluding hydrogens is 332 g/mol. The fourth-order valence-corrected chi connectivity index (χ4v) is 4.11.